The summed E-state index contributed by atoms with van der Waals surface area (Å²) in [6.45, 7) is 3.67. The van der Waals surface area contributed by atoms with Crippen LogP contribution in [0.4, 0.5) is 0 Å². The highest BCUT2D eigenvalue weighted by molar-refractivity contribution is 5.68. The zero-order chi connectivity index (χ0) is 17.0. The Labute approximate surface area is 133 Å². The molecule has 0 aromatic rings. The predicted molar refractivity (Wildman–Crippen MR) is 84.8 cm³/mol. The van der Waals surface area contributed by atoms with Crippen LogP contribution in [0.5, 0.6) is 0 Å². The molecule has 1 rings (SSSR count). The van der Waals surface area contributed by atoms with Crippen LogP contribution >= 0.6 is 0 Å². The summed E-state index contributed by atoms with van der Waals surface area (Å²) in [6, 6.07) is 1.75. The third-order valence-corrected chi connectivity index (χ3v) is 4.15. The van der Waals surface area contributed by atoms with Crippen molar-refractivity contribution in [3.63, 3.8) is 0 Å². The maximum atomic E-state index is 10.9. The molecule has 1 aliphatic carbocycles. The summed E-state index contributed by atoms with van der Waals surface area (Å²) in [5.74, 6) is 0.582. The largest absolute Gasteiger partial charge is 0.469 e. The van der Waals surface area contributed by atoms with E-state index in [1.807, 2.05) is 6.08 Å². The Balaban J connectivity index is 0.00000135. The number of ether oxygens (including phenoxy) is 1. The molecule has 0 heterocycles. The first-order chi connectivity index (χ1) is 10.5. The molecule has 0 unspecified atom stereocenters. The molecular formula is C17H29NO4. The third kappa shape index (κ3) is 7.58. The average molecular weight is 311 g/mol. The van der Waals surface area contributed by atoms with Crippen molar-refractivity contribution >= 4 is 5.97 Å². The summed E-state index contributed by atoms with van der Waals surface area (Å²) in [6.07, 6.45) is 7.48. The van der Waals surface area contributed by atoms with Crippen molar-refractivity contribution in [2.24, 2.45) is 17.8 Å². The monoisotopic (exact) mass is 311 g/mol. The van der Waals surface area contributed by atoms with Crippen molar-refractivity contribution < 1.29 is 19.7 Å². The molecule has 4 atom stereocenters. The van der Waals surface area contributed by atoms with E-state index in [4.69, 9.17) is 5.26 Å². The number of unbranched alkanes of at least 4 members (excludes halogenated alkanes) is 1. The number of nitrogens with zero attached hydrogens (tertiary/aromatic N) is 1. The Morgan fingerprint density at radius 2 is 2.05 bits per heavy atom. The summed E-state index contributed by atoms with van der Waals surface area (Å²) in [5, 5.41) is 26.6. The van der Waals surface area contributed by atoms with E-state index >= 15 is 0 Å². The number of esters is 1. The molecule has 5 heteroatoms. The van der Waals surface area contributed by atoms with E-state index in [2.05, 4.69) is 17.7 Å². The Morgan fingerprint density at radius 3 is 2.59 bits per heavy atom. The van der Waals surface area contributed by atoms with Crippen LogP contribution in [0.25, 0.3) is 0 Å². The van der Waals surface area contributed by atoms with E-state index in [-0.39, 0.29) is 30.5 Å². The molecule has 1 aliphatic rings. The van der Waals surface area contributed by atoms with Gasteiger partial charge in [-0.1, -0.05) is 19.1 Å². The number of carbonyl (C=O) groups is 1. The number of nitriles is 1. The fraction of sp³-hybridized carbons (Fsp3) is 0.765. The number of rotatable bonds is 7. The first kappa shape index (κ1) is 20.6. The molecule has 126 valence electrons. The molecule has 22 heavy (non-hydrogen) atoms. The van der Waals surface area contributed by atoms with E-state index < -0.39 is 0 Å². The molecule has 5 nitrogen and oxygen atoms in total. The van der Waals surface area contributed by atoms with Gasteiger partial charge in [-0.05, 0) is 43.4 Å². The van der Waals surface area contributed by atoms with Gasteiger partial charge in [0.2, 0.25) is 0 Å². The Morgan fingerprint density at radius 1 is 1.41 bits per heavy atom. The fourth-order valence-corrected chi connectivity index (χ4v) is 2.92. The van der Waals surface area contributed by atoms with Crippen LogP contribution in [0, 0.1) is 29.1 Å². The zero-order valence-corrected chi connectivity index (χ0v) is 13.9. The van der Waals surface area contributed by atoms with E-state index in [9.17, 15) is 15.0 Å². The van der Waals surface area contributed by atoms with Gasteiger partial charge in [0.05, 0.1) is 19.3 Å². The van der Waals surface area contributed by atoms with Crippen molar-refractivity contribution in [2.45, 2.75) is 52.1 Å². The quantitative estimate of drug-likeness (QED) is 0.428. The van der Waals surface area contributed by atoms with Crippen LogP contribution in [0.3, 0.4) is 0 Å². The highest BCUT2D eigenvalue weighted by Crippen LogP contribution is 2.38. The highest BCUT2D eigenvalue weighted by Gasteiger charge is 2.38. The second kappa shape index (κ2) is 12.2. The van der Waals surface area contributed by atoms with Crippen molar-refractivity contribution in [3.05, 3.63) is 12.2 Å². The highest BCUT2D eigenvalue weighted by atomic mass is 16.5. The number of hydrogen-bond acceptors (Lipinski definition) is 5. The van der Waals surface area contributed by atoms with Crippen molar-refractivity contribution in [3.8, 4) is 6.07 Å². The first-order valence-electron chi connectivity index (χ1n) is 7.83. The Hall–Kier alpha value is -1.38. The van der Waals surface area contributed by atoms with Crippen LogP contribution in [-0.4, -0.2) is 36.0 Å². The van der Waals surface area contributed by atoms with Gasteiger partial charge < -0.3 is 14.9 Å². The van der Waals surface area contributed by atoms with Gasteiger partial charge in [-0.3, -0.25) is 4.79 Å². The van der Waals surface area contributed by atoms with Crippen LogP contribution in [0.2, 0.25) is 0 Å². The lowest BCUT2D eigenvalue weighted by Crippen LogP contribution is -2.22. The zero-order valence-electron chi connectivity index (χ0n) is 13.9. The van der Waals surface area contributed by atoms with Gasteiger partial charge in [0, 0.05) is 20.0 Å². The van der Waals surface area contributed by atoms with Gasteiger partial charge in [-0.2, -0.15) is 5.26 Å². The van der Waals surface area contributed by atoms with Gasteiger partial charge in [0.25, 0.3) is 0 Å². The molecule has 0 radical (unpaired) electrons. The third-order valence-electron chi connectivity index (χ3n) is 4.15. The van der Waals surface area contributed by atoms with Gasteiger partial charge in [-0.25, -0.2) is 0 Å². The standard InChI is InChI=1S/C15H26O4.C2H3N/c1-11-9-14(17)12(13(11)10-16)7-5-3-4-6-8-15(18)19-2;1-2-3/h3,5,11-14,16-17H,4,6-10H2,1-2H3;1H3/b5-3-;/t11-,12-,13+,14+;/m1./s1. The predicted octanol–water partition coefficient (Wildman–Crippen LogP) is 2.43. The SMILES string of the molecule is CC#N.COC(=O)CCC/C=C\C[C@@H]1[C@@H](CO)[C@H](C)C[C@@H]1O. The summed E-state index contributed by atoms with van der Waals surface area (Å²) >= 11 is 0. The summed E-state index contributed by atoms with van der Waals surface area (Å²) in [4.78, 5) is 10.9. The van der Waals surface area contributed by atoms with E-state index in [1.165, 1.54) is 14.0 Å². The summed E-state index contributed by atoms with van der Waals surface area (Å²) < 4.78 is 4.57. The Bertz CT molecular complexity index is 375. The van der Waals surface area contributed by atoms with Gasteiger partial charge in [-0.15, -0.1) is 0 Å². The summed E-state index contributed by atoms with van der Waals surface area (Å²) in [7, 11) is 1.40. The Kier molecular flexibility index (Phi) is 11.4. The first-order valence-corrected chi connectivity index (χ1v) is 7.83. The second-order valence-electron chi connectivity index (χ2n) is 5.69. The van der Waals surface area contributed by atoms with E-state index in [0.29, 0.717) is 12.3 Å². The number of carbonyl (C=O) groups excluding carboxylic acids is 1. The van der Waals surface area contributed by atoms with Crippen LogP contribution in [0.1, 0.15) is 46.0 Å². The molecule has 1 fully saturated rings. The molecule has 0 aromatic carbocycles. The maximum Gasteiger partial charge on any atom is 0.305 e. The second-order valence-corrected chi connectivity index (χ2v) is 5.69. The average Bonchev–Trinajstić information content (AvgIpc) is 2.76. The molecule has 0 amide bonds. The molecule has 1 saturated carbocycles. The van der Waals surface area contributed by atoms with Crippen LogP contribution < -0.4 is 0 Å². The van der Waals surface area contributed by atoms with E-state index in [1.54, 1.807) is 6.07 Å². The molecular weight excluding hydrogens is 282 g/mol. The maximum absolute atomic E-state index is 10.9. The topological polar surface area (TPSA) is 90.5 Å². The lowest BCUT2D eigenvalue weighted by Gasteiger charge is -2.20. The molecule has 0 saturated heterocycles. The minimum atomic E-state index is -0.299. The van der Waals surface area contributed by atoms with Crippen molar-refractivity contribution in [1.82, 2.24) is 0 Å². The molecule has 0 aromatic heterocycles. The van der Waals surface area contributed by atoms with Gasteiger partial charge in [0.15, 0.2) is 0 Å². The van der Waals surface area contributed by atoms with E-state index in [0.717, 1.165) is 25.7 Å². The number of aliphatic hydroxyl groups is 2. The van der Waals surface area contributed by atoms with Crippen molar-refractivity contribution in [2.75, 3.05) is 13.7 Å². The van der Waals surface area contributed by atoms with Crippen LogP contribution in [0.15, 0.2) is 12.2 Å². The van der Waals surface area contributed by atoms with Crippen LogP contribution in [-0.2, 0) is 9.53 Å². The minimum absolute atomic E-state index is 0.152. The van der Waals surface area contributed by atoms with Crippen molar-refractivity contribution in [1.29, 1.82) is 5.26 Å². The lowest BCUT2D eigenvalue weighted by atomic mass is 9.88. The number of aliphatic hydroxyl groups excluding tert-OH is 2. The molecule has 0 aliphatic heterocycles. The fourth-order valence-electron chi connectivity index (χ4n) is 2.92. The smallest absolute Gasteiger partial charge is 0.305 e. The summed E-state index contributed by atoms with van der Waals surface area (Å²) in [5.41, 5.74) is 0. The number of methoxy groups -OCH3 is 1. The molecule has 2 N–H and O–H groups in total. The number of hydrogen-bond donors (Lipinski definition) is 2. The molecule has 0 spiro atoms. The molecule has 0 bridgehead atoms. The number of allylic oxidation sites excluding steroid dienone is 2. The minimum Gasteiger partial charge on any atom is -0.469 e. The normalized spacial score (nSPS) is 27.1. The van der Waals surface area contributed by atoms with Gasteiger partial charge in [0.1, 0.15) is 0 Å². The lowest BCUT2D eigenvalue weighted by molar-refractivity contribution is -0.140. The van der Waals surface area contributed by atoms with Gasteiger partial charge >= 0.3 is 5.97 Å².